The minimum Gasteiger partial charge on any atom is -0.507 e. The third-order valence-electron chi connectivity index (χ3n) is 5.75. The fourth-order valence-corrected chi connectivity index (χ4v) is 4.17. The second kappa shape index (κ2) is 10.7. The van der Waals surface area contributed by atoms with E-state index in [2.05, 4.69) is 0 Å². The van der Waals surface area contributed by atoms with Crippen molar-refractivity contribution in [2.24, 2.45) is 0 Å². The van der Waals surface area contributed by atoms with Crippen LogP contribution in [0.25, 0.3) is 5.76 Å². The first kappa shape index (κ1) is 25.3. The summed E-state index contributed by atoms with van der Waals surface area (Å²) in [6, 6.07) is 11.8. The molecule has 0 radical (unpaired) electrons. The van der Waals surface area contributed by atoms with Crippen LogP contribution in [0.4, 0.5) is 0 Å². The Hall–Kier alpha value is -3.32. The molecule has 0 spiro atoms. The van der Waals surface area contributed by atoms with E-state index in [1.807, 2.05) is 45.9 Å². The quantitative estimate of drug-likeness (QED) is 0.328. The molecule has 0 aromatic heterocycles. The number of hydrogen-bond acceptors (Lipinski definition) is 6. The summed E-state index contributed by atoms with van der Waals surface area (Å²) >= 11 is 0. The molecule has 34 heavy (non-hydrogen) atoms. The summed E-state index contributed by atoms with van der Waals surface area (Å²) in [6.45, 7) is 8.35. The number of methoxy groups -OCH3 is 2. The lowest BCUT2D eigenvalue weighted by Crippen LogP contribution is -2.32. The SMILES string of the molecule is COCCN1C(=O)C(=O)/C(=C(/O)c2ccc(OC)c(C(C)C)c2)C1c1cccc(OC(C)C)c1. The van der Waals surface area contributed by atoms with Crippen molar-refractivity contribution in [3.63, 3.8) is 0 Å². The molecule has 0 saturated carbocycles. The van der Waals surface area contributed by atoms with Gasteiger partial charge in [-0.1, -0.05) is 26.0 Å². The van der Waals surface area contributed by atoms with Crippen molar-refractivity contribution >= 4 is 17.4 Å². The van der Waals surface area contributed by atoms with Crippen LogP contribution in [-0.4, -0.2) is 55.2 Å². The van der Waals surface area contributed by atoms with E-state index < -0.39 is 17.7 Å². The number of likely N-dealkylation sites (tertiary alicyclic amines) is 1. The molecular weight excluding hydrogens is 434 g/mol. The number of ether oxygens (including phenoxy) is 3. The zero-order valence-corrected chi connectivity index (χ0v) is 20.6. The maximum absolute atomic E-state index is 13.2. The van der Waals surface area contributed by atoms with Gasteiger partial charge in [-0.25, -0.2) is 0 Å². The Bertz CT molecular complexity index is 1090. The number of benzene rings is 2. The van der Waals surface area contributed by atoms with Crippen LogP contribution in [0.5, 0.6) is 11.5 Å². The van der Waals surface area contributed by atoms with Gasteiger partial charge in [0.25, 0.3) is 11.7 Å². The first-order valence-corrected chi connectivity index (χ1v) is 11.4. The van der Waals surface area contributed by atoms with Crippen LogP contribution in [0.15, 0.2) is 48.0 Å². The number of aliphatic hydroxyl groups excluding tert-OH is 1. The molecule has 1 atom stereocenters. The van der Waals surface area contributed by atoms with E-state index in [9.17, 15) is 14.7 Å². The van der Waals surface area contributed by atoms with Gasteiger partial charge in [-0.3, -0.25) is 9.59 Å². The maximum atomic E-state index is 13.2. The second-order valence-electron chi connectivity index (χ2n) is 8.84. The number of ketones is 1. The minimum atomic E-state index is -0.768. The van der Waals surface area contributed by atoms with Crippen LogP contribution >= 0.6 is 0 Å². The van der Waals surface area contributed by atoms with E-state index in [4.69, 9.17) is 14.2 Å². The van der Waals surface area contributed by atoms with E-state index in [0.717, 1.165) is 5.56 Å². The van der Waals surface area contributed by atoms with E-state index >= 15 is 0 Å². The summed E-state index contributed by atoms with van der Waals surface area (Å²) in [6.07, 6.45) is -0.0381. The lowest BCUT2D eigenvalue weighted by Gasteiger charge is -2.25. The maximum Gasteiger partial charge on any atom is 0.295 e. The molecule has 1 aliphatic heterocycles. The molecule has 1 N–H and O–H groups in total. The van der Waals surface area contributed by atoms with Crippen molar-refractivity contribution in [1.82, 2.24) is 4.90 Å². The van der Waals surface area contributed by atoms with Crippen LogP contribution in [0.1, 0.15) is 56.3 Å². The third-order valence-corrected chi connectivity index (χ3v) is 5.75. The van der Waals surface area contributed by atoms with Gasteiger partial charge in [-0.2, -0.15) is 0 Å². The lowest BCUT2D eigenvalue weighted by atomic mass is 9.93. The number of amides is 1. The minimum absolute atomic E-state index is 0.0381. The number of carbonyl (C=O) groups is 2. The van der Waals surface area contributed by atoms with Crippen LogP contribution in [0, 0.1) is 0 Å². The van der Waals surface area contributed by atoms with Crippen molar-refractivity contribution in [2.75, 3.05) is 27.4 Å². The molecule has 3 rings (SSSR count). The summed E-state index contributed by atoms with van der Waals surface area (Å²) in [5.41, 5.74) is 2.06. The zero-order chi connectivity index (χ0) is 25.0. The number of aliphatic hydroxyl groups is 1. The molecule has 0 aliphatic carbocycles. The topological polar surface area (TPSA) is 85.3 Å². The molecule has 7 heteroatoms. The van der Waals surface area contributed by atoms with Gasteiger partial charge < -0.3 is 24.2 Å². The number of hydrogen-bond donors (Lipinski definition) is 1. The van der Waals surface area contributed by atoms with E-state index in [1.165, 1.54) is 12.0 Å². The Balaban J connectivity index is 2.18. The molecule has 1 amide bonds. The largest absolute Gasteiger partial charge is 0.507 e. The van der Waals surface area contributed by atoms with Crippen molar-refractivity contribution < 1.29 is 28.9 Å². The predicted octanol–water partition coefficient (Wildman–Crippen LogP) is 4.67. The zero-order valence-electron chi connectivity index (χ0n) is 20.6. The molecular formula is C27H33NO6. The first-order chi connectivity index (χ1) is 16.2. The van der Waals surface area contributed by atoms with Gasteiger partial charge >= 0.3 is 0 Å². The van der Waals surface area contributed by atoms with Gasteiger partial charge in [-0.15, -0.1) is 0 Å². The highest BCUT2D eigenvalue weighted by Crippen LogP contribution is 2.41. The Morgan fingerprint density at radius 2 is 1.79 bits per heavy atom. The molecule has 1 heterocycles. The number of nitrogens with zero attached hydrogens (tertiary/aromatic N) is 1. The molecule has 2 aromatic carbocycles. The average molecular weight is 468 g/mol. The van der Waals surface area contributed by atoms with Crippen LogP contribution in [-0.2, 0) is 14.3 Å². The normalized spacial score (nSPS) is 17.6. The number of Topliss-reactive ketones (excluding diaryl/α,β-unsaturated/α-hetero) is 1. The summed E-state index contributed by atoms with van der Waals surface area (Å²) in [7, 11) is 3.13. The first-order valence-electron chi connectivity index (χ1n) is 11.4. The highest BCUT2D eigenvalue weighted by molar-refractivity contribution is 6.46. The number of rotatable bonds is 9. The smallest absolute Gasteiger partial charge is 0.295 e. The van der Waals surface area contributed by atoms with Crippen molar-refractivity contribution in [2.45, 2.75) is 45.8 Å². The number of carbonyl (C=O) groups excluding carboxylic acids is 2. The molecule has 1 saturated heterocycles. The fraction of sp³-hybridized carbons (Fsp3) is 0.407. The van der Waals surface area contributed by atoms with Gasteiger partial charge in [-0.05, 0) is 61.2 Å². The van der Waals surface area contributed by atoms with Crippen LogP contribution < -0.4 is 9.47 Å². The van der Waals surface area contributed by atoms with Crippen molar-refractivity contribution in [1.29, 1.82) is 0 Å². The Morgan fingerprint density at radius 1 is 1.06 bits per heavy atom. The van der Waals surface area contributed by atoms with Crippen molar-refractivity contribution in [3.8, 4) is 11.5 Å². The molecule has 7 nitrogen and oxygen atoms in total. The van der Waals surface area contributed by atoms with Gasteiger partial charge in [0.15, 0.2) is 0 Å². The Kier molecular flexibility index (Phi) is 7.99. The monoisotopic (exact) mass is 467 g/mol. The lowest BCUT2D eigenvalue weighted by molar-refractivity contribution is -0.140. The summed E-state index contributed by atoms with van der Waals surface area (Å²) in [5, 5.41) is 11.3. The molecule has 182 valence electrons. The summed E-state index contributed by atoms with van der Waals surface area (Å²) < 4.78 is 16.4. The molecule has 1 aliphatic rings. The fourth-order valence-electron chi connectivity index (χ4n) is 4.17. The van der Waals surface area contributed by atoms with Gasteiger partial charge in [0.2, 0.25) is 0 Å². The van der Waals surface area contributed by atoms with E-state index in [-0.39, 0.29) is 36.5 Å². The summed E-state index contributed by atoms with van der Waals surface area (Å²) in [5.74, 6) is -0.166. The van der Waals surface area contributed by atoms with Crippen LogP contribution in [0.3, 0.4) is 0 Å². The molecule has 2 aromatic rings. The second-order valence-corrected chi connectivity index (χ2v) is 8.84. The Labute approximate surface area is 200 Å². The molecule has 1 fully saturated rings. The van der Waals surface area contributed by atoms with Crippen LogP contribution in [0.2, 0.25) is 0 Å². The molecule has 0 bridgehead atoms. The van der Waals surface area contributed by atoms with Gasteiger partial charge in [0, 0.05) is 19.2 Å². The highest BCUT2D eigenvalue weighted by Gasteiger charge is 2.46. The van der Waals surface area contributed by atoms with Gasteiger partial charge in [0.1, 0.15) is 17.3 Å². The summed E-state index contributed by atoms with van der Waals surface area (Å²) in [4.78, 5) is 27.6. The Morgan fingerprint density at radius 3 is 2.41 bits per heavy atom. The predicted molar refractivity (Wildman–Crippen MR) is 130 cm³/mol. The highest BCUT2D eigenvalue weighted by atomic mass is 16.5. The molecule has 1 unspecified atom stereocenters. The van der Waals surface area contributed by atoms with Crippen molar-refractivity contribution in [3.05, 3.63) is 64.7 Å². The van der Waals surface area contributed by atoms with Gasteiger partial charge in [0.05, 0.1) is 31.4 Å². The third kappa shape index (κ3) is 5.09. The van der Waals surface area contributed by atoms with E-state index in [1.54, 1.807) is 31.4 Å². The average Bonchev–Trinajstić information content (AvgIpc) is 3.06. The van der Waals surface area contributed by atoms with E-state index in [0.29, 0.717) is 22.6 Å². The standard InChI is InChI=1S/C27H33NO6/c1-16(2)21-15-19(10-11-22(21)33-6)25(29)23-24(28(12-13-32-5)27(31)26(23)30)18-8-7-9-20(14-18)34-17(3)4/h7-11,14-17,24,29H,12-13H2,1-6H3/b25-23+.